The Bertz CT molecular complexity index is 292. The fourth-order valence-corrected chi connectivity index (χ4v) is 1.25. The summed E-state index contributed by atoms with van der Waals surface area (Å²) in [7, 11) is 0. The standard InChI is InChI=1S/C13H17N/c1-3-5-10-14-11-13-8-6-12(4-2)7-9-13/h2,6-9,14H,3,5,10-11H2,1H3. The van der Waals surface area contributed by atoms with Crippen molar-refractivity contribution in [1.29, 1.82) is 0 Å². The van der Waals surface area contributed by atoms with Crippen LogP contribution in [0.15, 0.2) is 24.3 Å². The number of hydrogen-bond donors (Lipinski definition) is 1. The molecule has 0 bridgehead atoms. The first-order valence-electron chi connectivity index (χ1n) is 5.13. The van der Waals surface area contributed by atoms with Crippen LogP contribution in [0.4, 0.5) is 0 Å². The van der Waals surface area contributed by atoms with Gasteiger partial charge in [-0.25, -0.2) is 0 Å². The molecule has 0 spiro atoms. The van der Waals surface area contributed by atoms with E-state index in [4.69, 9.17) is 6.42 Å². The van der Waals surface area contributed by atoms with E-state index in [1.165, 1.54) is 18.4 Å². The number of rotatable bonds is 5. The van der Waals surface area contributed by atoms with Crippen LogP contribution in [0.3, 0.4) is 0 Å². The zero-order chi connectivity index (χ0) is 10.2. The normalized spacial score (nSPS) is 9.71. The van der Waals surface area contributed by atoms with Gasteiger partial charge in [0.2, 0.25) is 0 Å². The van der Waals surface area contributed by atoms with Crippen LogP contribution < -0.4 is 5.32 Å². The van der Waals surface area contributed by atoms with Crippen molar-refractivity contribution >= 4 is 0 Å². The van der Waals surface area contributed by atoms with E-state index in [1.807, 2.05) is 12.1 Å². The molecule has 0 saturated carbocycles. The van der Waals surface area contributed by atoms with Crippen LogP contribution in [-0.4, -0.2) is 6.54 Å². The fraction of sp³-hybridized carbons (Fsp3) is 0.385. The van der Waals surface area contributed by atoms with E-state index in [-0.39, 0.29) is 0 Å². The molecular weight excluding hydrogens is 170 g/mol. The second-order valence-electron chi connectivity index (χ2n) is 3.37. The molecular formula is C13H17N. The van der Waals surface area contributed by atoms with Crippen LogP contribution in [0.1, 0.15) is 30.9 Å². The molecule has 0 amide bonds. The van der Waals surface area contributed by atoms with Crippen molar-refractivity contribution in [3.8, 4) is 12.3 Å². The van der Waals surface area contributed by atoms with Crippen molar-refractivity contribution in [1.82, 2.24) is 5.32 Å². The number of nitrogens with one attached hydrogen (secondary N) is 1. The minimum Gasteiger partial charge on any atom is -0.313 e. The zero-order valence-corrected chi connectivity index (χ0v) is 8.72. The van der Waals surface area contributed by atoms with Gasteiger partial charge in [0, 0.05) is 12.1 Å². The Kier molecular flexibility index (Phi) is 4.82. The molecule has 0 radical (unpaired) electrons. The van der Waals surface area contributed by atoms with Gasteiger partial charge in [-0.1, -0.05) is 31.4 Å². The highest BCUT2D eigenvalue weighted by atomic mass is 14.8. The Balaban J connectivity index is 2.33. The average Bonchev–Trinajstić information content (AvgIpc) is 2.25. The molecule has 14 heavy (non-hydrogen) atoms. The first-order chi connectivity index (χ1) is 6.86. The van der Waals surface area contributed by atoms with Gasteiger partial charge in [0.25, 0.3) is 0 Å². The fourth-order valence-electron chi connectivity index (χ4n) is 1.25. The molecule has 0 aliphatic heterocycles. The van der Waals surface area contributed by atoms with Gasteiger partial charge in [0.05, 0.1) is 0 Å². The molecule has 0 aliphatic rings. The summed E-state index contributed by atoms with van der Waals surface area (Å²) in [6.45, 7) is 4.22. The summed E-state index contributed by atoms with van der Waals surface area (Å²) >= 11 is 0. The SMILES string of the molecule is C#Cc1ccc(CNCCCC)cc1. The topological polar surface area (TPSA) is 12.0 Å². The highest BCUT2D eigenvalue weighted by Gasteiger charge is 1.92. The molecule has 1 aromatic carbocycles. The summed E-state index contributed by atoms with van der Waals surface area (Å²) in [4.78, 5) is 0. The number of terminal acetylenes is 1. The molecule has 0 saturated heterocycles. The summed E-state index contributed by atoms with van der Waals surface area (Å²) in [6.07, 6.45) is 7.75. The summed E-state index contributed by atoms with van der Waals surface area (Å²) < 4.78 is 0. The van der Waals surface area contributed by atoms with Gasteiger partial charge in [-0.2, -0.15) is 0 Å². The monoisotopic (exact) mass is 187 g/mol. The Labute approximate surface area is 86.5 Å². The smallest absolute Gasteiger partial charge is 0.0242 e. The Hall–Kier alpha value is -1.26. The lowest BCUT2D eigenvalue weighted by Crippen LogP contribution is -2.14. The van der Waals surface area contributed by atoms with Gasteiger partial charge in [-0.3, -0.25) is 0 Å². The van der Waals surface area contributed by atoms with E-state index in [1.54, 1.807) is 0 Å². The molecule has 74 valence electrons. The van der Waals surface area contributed by atoms with Gasteiger partial charge in [-0.15, -0.1) is 6.42 Å². The molecule has 1 heteroatoms. The third kappa shape index (κ3) is 3.64. The highest BCUT2D eigenvalue weighted by molar-refractivity contribution is 5.34. The van der Waals surface area contributed by atoms with Crippen molar-refractivity contribution < 1.29 is 0 Å². The molecule has 0 aromatic heterocycles. The Morgan fingerprint density at radius 2 is 2.00 bits per heavy atom. The number of hydrogen-bond acceptors (Lipinski definition) is 1. The van der Waals surface area contributed by atoms with Crippen molar-refractivity contribution in [2.45, 2.75) is 26.3 Å². The molecule has 0 fully saturated rings. The molecule has 1 N–H and O–H groups in total. The molecule has 1 aromatic rings. The summed E-state index contributed by atoms with van der Waals surface area (Å²) in [5.41, 5.74) is 2.24. The lowest BCUT2D eigenvalue weighted by Gasteiger charge is -2.03. The lowest BCUT2D eigenvalue weighted by atomic mass is 10.1. The van der Waals surface area contributed by atoms with E-state index >= 15 is 0 Å². The third-order valence-corrected chi connectivity index (χ3v) is 2.16. The van der Waals surface area contributed by atoms with E-state index in [2.05, 4.69) is 30.3 Å². The van der Waals surface area contributed by atoms with E-state index < -0.39 is 0 Å². The van der Waals surface area contributed by atoms with Gasteiger partial charge in [-0.05, 0) is 30.7 Å². The maximum absolute atomic E-state index is 5.27. The van der Waals surface area contributed by atoms with Crippen molar-refractivity contribution in [2.24, 2.45) is 0 Å². The minimum atomic E-state index is 0.935. The summed E-state index contributed by atoms with van der Waals surface area (Å²) in [5.74, 6) is 2.61. The maximum atomic E-state index is 5.27. The van der Waals surface area contributed by atoms with E-state index in [0.717, 1.165) is 18.7 Å². The lowest BCUT2D eigenvalue weighted by molar-refractivity contribution is 0.641. The van der Waals surface area contributed by atoms with Gasteiger partial charge >= 0.3 is 0 Å². The Morgan fingerprint density at radius 3 is 2.57 bits per heavy atom. The Morgan fingerprint density at radius 1 is 1.29 bits per heavy atom. The maximum Gasteiger partial charge on any atom is 0.0242 e. The number of unbranched alkanes of at least 4 members (excludes halogenated alkanes) is 1. The second-order valence-corrected chi connectivity index (χ2v) is 3.37. The largest absolute Gasteiger partial charge is 0.313 e. The molecule has 0 unspecified atom stereocenters. The molecule has 1 rings (SSSR count). The summed E-state index contributed by atoms with van der Waals surface area (Å²) in [5, 5.41) is 3.39. The van der Waals surface area contributed by atoms with Gasteiger partial charge in [0.1, 0.15) is 0 Å². The molecule has 1 nitrogen and oxygen atoms in total. The molecule has 0 heterocycles. The average molecular weight is 187 g/mol. The minimum absolute atomic E-state index is 0.935. The van der Waals surface area contributed by atoms with Crippen molar-refractivity contribution in [3.63, 3.8) is 0 Å². The van der Waals surface area contributed by atoms with Crippen molar-refractivity contribution in [3.05, 3.63) is 35.4 Å². The second kappa shape index (κ2) is 6.23. The van der Waals surface area contributed by atoms with Crippen LogP contribution in [-0.2, 0) is 6.54 Å². The predicted octanol–water partition coefficient (Wildman–Crippen LogP) is 2.56. The van der Waals surface area contributed by atoms with E-state index in [0.29, 0.717) is 0 Å². The summed E-state index contributed by atoms with van der Waals surface area (Å²) in [6, 6.07) is 8.12. The molecule has 0 atom stereocenters. The number of benzene rings is 1. The van der Waals surface area contributed by atoms with Crippen LogP contribution in [0.2, 0.25) is 0 Å². The van der Waals surface area contributed by atoms with Crippen LogP contribution in [0.5, 0.6) is 0 Å². The molecule has 0 aliphatic carbocycles. The van der Waals surface area contributed by atoms with Crippen LogP contribution >= 0.6 is 0 Å². The van der Waals surface area contributed by atoms with Gasteiger partial charge < -0.3 is 5.32 Å². The van der Waals surface area contributed by atoms with Gasteiger partial charge in [0.15, 0.2) is 0 Å². The van der Waals surface area contributed by atoms with E-state index in [9.17, 15) is 0 Å². The first-order valence-corrected chi connectivity index (χ1v) is 5.13. The first kappa shape index (κ1) is 10.8. The van der Waals surface area contributed by atoms with Crippen LogP contribution in [0.25, 0.3) is 0 Å². The van der Waals surface area contributed by atoms with Crippen LogP contribution in [0, 0.1) is 12.3 Å². The van der Waals surface area contributed by atoms with Crippen molar-refractivity contribution in [2.75, 3.05) is 6.54 Å². The highest BCUT2D eigenvalue weighted by Crippen LogP contribution is 2.02. The zero-order valence-electron chi connectivity index (χ0n) is 8.72. The third-order valence-electron chi connectivity index (χ3n) is 2.16. The quantitative estimate of drug-likeness (QED) is 0.552. The predicted molar refractivity (Wildman–Crippen MR) is 61.0 cm³/mol.